The fourth-order valence-electron chi connectivity index (χ4n) is 0.751. The molecule has 0 N–H and O–H groups in total. The summed E-state index contributed by atoms with van der Waals surface area (Å²) in [6.07, 6.45) is -0.235. The minimum absolute atomic E-state index is 0.235. The van der Waals surface area contributed by atoms with Gasteiger partial charge in [-0.1, -0.05) is 12.1 Å². The van der Waals surface area contributed by atoms with Gasteiger partial charge in [0.2, 0.25) is 0 Å². The summed E-state index contributed by atoms with van der Waals surface area (Å²) >= 11 is 3.22. The van der Waals surface area contributed by atoms with Crippen molar-refractivity contribution in [2.45, 2.75) is 6.42 Å². The van der Waals surface area contributed by atoms with E-state index in [0.717, 1.165) is 0 Å². The molecule has 66 valence electrons. The highest BCUT2D eigenvalue weighted by Crippen LogP contribution is 2.23. The monoisotopic (exact) mass is 239 g/mol. The molecule has 0 aliphatic carbocycles. The molecule has 0 atom stereocenters. The number of rotatable bonds is 2. The molecular formula is C9H6BrNO2. The number of halogens is 1. The zero-order chi connectivity index (χ0) is 9.68. The van der Waals surface area contributed by atoms with Gasteiger partial charge in [-0.15, -0.1) is 0 Å². The smallest absolute Gasteiger partial charge is 0.325 e. The van der Waals surface area contributed by atoms with Crippen molar-refractivity contribution in [2.75, 3.05) is 0 Å². The first-order valence-corrected chi connectivity index (χ1v) is 4.35. The van der Waals surface area contributed by atoms with Crippen molar-refractivity contribution in [3.63, 3.8) is 0 Å². The van der Waals surface area contributed by atoms with Gasteiger partial charge in [-0.2, -0.15) is 5.26 Å². The molecule has 0 radical (unpaired) electrons. The highest BCUT2D eigenvalue weighted by molar-refractivity contribution is 9.10. The number of nitrogens with zero attached hydrogens (tertiary/aromatic N) is 1. The number of para-hydroxylation sites is 1. The summed E-state index contributed by atoms with van der Waals surface area (Å²) in [5, 5.41) is 8.22. The lowest BCUT2D eigenvalue weighted by Gasteiger charge is -2.02. The van der Waals surface area contributed by atoms with E-state index in [4.69, 9.17) is 10.00 Å². The number of carbonyl (C=O) groups excluding carboxylic acids is 1. The summed E-state index contributed by atoms with van der Waals surface area (Å²) in [4.78, 5) is 10.9. The first kappa shape index (κ1) is 9.75. The average molecular weight is 240 g/mol. The topological polar surface area (TPSA) is 50.1 Å². The van der Waals surface area contributed by atoms with E-state index in [1.165, 1.54) is 0 Å². The van der Waals surface area contributed by atoms with Gasteiger partial charge in [0.1, 0.15) is 12.2 Å². The van der Waals surface area contributed by atoms with Crippen LogP contribution in [0.25, 0.3) is 0 Å². The second-order valence-electron chi connectivity index (χ2n) is 2.24. The SMILES string of the molecule is N#CCC(=O)Oc1ccccc1Br. The normalized spacial score (nSPS) is 8.92. The van der Waals surface area contributed by atoms with Crippen LogP contribution in [0.4, 0.5) is 0 Å². The molecule has 0 saturated heterocycles. The molecule has 0 heterocycles. The van der Waals surface area contributed by atoms with E-state index in [-0.39, 0.29) is 6.42 Å². The molecule has 0 aliphatic rings. The van der Waals surface area contributed by atoms with E-state index >= 15 is 0 Å². The summed E-state index contributed by atoms with van der Waals surface area (Å²) in [6, 6.07) is 8.69. The predicted molar refractivity (Wildman–Crippen MR) is 50.0 cm³/mol. The Labute approximate surface area is 84.1 Å². The summed E-state index contributed by atoms with van der Waals surface area (Å²) in [5.41, 5.74) is 0. The van der Waals surface area contributed by atoms with Crippen LogP contribution in [0.3, 0.4) is 0 Å². The lowest BCUT2D eigenvalue weighted by Crippen LogP contribution is -2.06. The molecule has 0 spiro atoms. The van der Waals surface area contributed by atoms with Crippen molar-refractivity contribution in [3.8, 4) is 11.8 Å². The van der Waals surface area contributed by atoms with Crippen molar-refractivity contribution in [3.05, 3.63) is 28.7 Å². The minimum Gasteiger partial charge on any atom is -0.425 e. The fraction of sp³-hybridized carbons (Fsp3) is 0.111. The molecule has 1 rings (SSSR count). The van der Waals surface area contributed by atoms with Crippen LogP contribution in [0.15, 0.2) is 28.7 Å². The Morgan fingerprint density at radius 3 is 2.85 bits per heavy atom. The second kappa shape index (κ2) is 4.63. The molecule has 1 aromatic carbocycles. The molecule has 0 unspecified atom stereocenters. The zero-order valence-corrected chi connectivity index (χ0v) is 8.24. The third kappa shape index (κ3) is 2.88. The molecule has 0 aromatic heterocycles. The first-order valence-electron chi connectivity index (χ1n) is 3.56. The molecule has 3 nitrogen and oxygen atoms in total. The Morgan fingerprint density at radius 1 is 1.54 bits per heavy atom. The number of ether oxygens (including phenoxy) is 1. The van der Waals surface area contributed by atoms with Crippen molar-refractivity contribution >= 4 is 21.9 Å². The van der Waals surface area contributed by atoms with Gasteiger partial charge in [0, 0.05) is 0 Å². The lowest BCUT2D eigenvalue weighted by atomic mass is 10.3. The van der Waals surface area contributed by atoms with Crippen LogP contribution < -0.4 is 4.74 Å². The maximum Gasteiger partial charge on any atom is 0.325 e. The summed E-state index contributed by atoms with van der Waals surface area (Å²) in [6.45, 7) is 0. The van der Waals surface area contributed by atoms with Crippen LogP contribution in [-0.4, -0.2) is 5.97 Å². The van der Waals surface area contributed by atoms with Crippen LogP contribution >= 0.6 is 15.9 Å². The van der Waals surface area contributed by atoms with Crippen LogP contribution in [0.5, 0.6) is 5.75 Å². The van der Waals surface area contributed by atoms with Gasteiger partial charge >= 0.3 is 5.97 Å². The van der Waals surface area contributed by atoms with E-state index in [0.29, 0.717) is 10.2 Å². The lowest BCUT2D eigenvalue weighted by molar-refractivity contribution is -0.133. The van der Waals surface area contributed by atoms with Gasteiger partial charge in [0.25, 0.3) is 0 Å². The first-order chi connectivity index (χ1) is 6.24. The fourth-order valence-corrected chi connectivity index (χ4v) is 1.12. The Morgan fingerprint density at radius 2 is 2.23 bits per heavy atom. The van der Waals surface area contributed by atoms with Crippen molar-refractivity contribution in [1.29, 1.82) is 5.26 Å². The van der Waals surface area contributed by atoms with Gasteiger partial charge in [0.15, 0.2) is 0 Å². The number of hydrogen-bond acceptors (Lipinski definition) is 3. The van der Waals surface area contributed by atoms with E-state index in [1.54, 1.807) is 24.3 Å². The third-order valence-electron chi connectivity index (χ3n) is 1.28. The van der Waals surface area contributed by atoms with Crippen LogP contribution in [0.2, 0.25) is 0 Å². The second-order valence-corrected chi connectivity index (χ2v) is 3.09. The molecule has 0 saturated carbocycles. The summed E-state index contributed by atoms with van der Waals surface area (Å²) < 4.78 is 5.57. The number of hydrogen-bond donors (Lipinski definition) is 0. The highest BCUT2D eigenvalue weighted by atomic mass is 79.9. The van der Waals surface area contributed by atoms with E-state index in [1.807, 2.05) is 6.07 Å². The van der Waals surface area contributed by atoms with Crippen LogP contribution in [-0.2, 0) is 4.79 Å². The summed E-state index contributed by atoms with van der Waals surface area (Å²) in [5.74, 6) is -0.114. The van der Waals surface area contributed by atoms with Crippen LogP contribution in [0, 0.1) is 11.3 Å². The number of esters is 1. The van der Waals surface area contributed by atoms with Gasteiger partial charge in [-0.05, 0) is 28.1 Å². The molecule has 1 aromatic rings. The average Bonchev–Trinajstić information content (AvgIpc) is 2.09. The van der Waals surface area contributed by atoms with Gasteiger partial charge in [-0.25, -0.2) is 0 Å². The Balaban J connectivity index is 2.70. The van der Waals surface area contributed by atoms with Crippen molar-refractivity contribution in [2.24, 2.45) is 0 Å². The largest absolute Gasteiger partial charge is 0.425 e. The number of carbonyl (C=O) groups is 1. The van der Waals surface area contributed by atoms with Crippen molar-refractivity contribution < 1.29 is 9.53 Å². The molecule has 13 heavy (non-hydrogen) atoms. The van der Waals surface area contributed by atoms with Gasteiger partial charge in [0.05, 0.1) is 10.5 Å². The van der Waals surface area contributed by atoms with E-state index in [9.17, 15) is 4.79 Å². The highest BCUT2D eigenvalue weighted by Gasteiger charge is 2.05. The standard InChI is InChI=1S/C9H6BrNO2/c10-7-3-1-2-4-8(7)13-9(12)5-6-11/h1-4H,5H2. The quantitative estimate of drug-likeness (QED) is 0.588. The maximum atomic E-state index is 10.9. The maximum absolute atomic E-state index is 10.9. The molecule has 4 heteroatoms. The van der Waals surface area contributed by atoms with Gasteiger partial charge in [-0.3, -0.25) is 4.79 Å². The Bertz CT molecular complexity index is 357. The van der Waals surface area contributed by atoms with Gasteiger partial charge < -0.3 is 4.74 Å². The minimum atomic E-state index is -0.547. The molecule has 0 bridgehead atoms. The van der Waals surface area contributed by atoms with Crippen LogP contribution in [0.1, 0.15) is 6.42 Å². The van der Waals surface area contributed by atoms with Crippen molar-refractivity contribution in [1.82, 2.24) is 0 Å². The number of nitriles is 1. The third-order valence-corrected chi connectivity index (χ3v) is 1.94. The number of benzene rings is 1. The zero-order valence-electron chi connectivity index (χ0n) is 6.66. The molecule has 0 fully saturated rings. The molecule has 0 aliphatic heterocycles. The Hall–Kier alpha value is -1.34. The summed E-state index contributed by atoms with van der Waals surface area (Å²) in [7, 11) is 0. The van der Waals surface area contributed by atoms with E-state index in [2.05, 4.69) is 15.9 Å². The predicted octanol–water partition coefficient (Wildman–Crippen LogP) is 2.27. The molecular weight excluding hydrogens is 234 g/mol. The molecule has 0 amide bonds. The Kier molecular flexibility index (Phi) is 3.47. The van der Waals surface area contributed by atoms with E-state index < -0.39 is 5.97 Å².